The van der Waals surface area contributed by atoms with Crippen LogP contribution in [0.1, 0.15) is 68.6 Å². The number of halogens is 3. The maximum Gasteiger partial charge on any atom is 0.270 e. The number of carbonyl (C=O) groups excluding carboxylic acids is 1. The first-order valence-electron chi connectivity index (χ1n) is 16.3. The van der Waals surface area contributed by atoms with E-state index in [4.69, 9.17) is 0 Å². The van der Waals surface area contributed by atoms with E-state index in [1.54, 1.807) is 0 Å². The van der Waals surface area contributed by atoms with Crippen LogP contribution in [0, 0.1) is 29.5 Å². The van der Waals surface area contributed by atoms with Gasteiger partial charge in [-0.05, 0) is 86.8 Å². The van der Waals surface area contributed by atoms with Gasteiger partial charge in [0, 0.05) is 61.1 Å². The molecule has 2 fully saturated rings. The summed E-state index contributed by atoms with van der Waals surface area (Å²) >= 11 is 0. The first-order valence-corrected chi connectivity index (χ1v) is 16.3. The molecule has 4 aliphatic rings. The summed E-state index contributed by atoms with van der Waals surface area (Å²) < 4.78 is 40.4. The van der Waals surface area contributed by atoms with Crippen molar-refractivity contribution in [3.8, 4) is 11.8 Å². The smallest absolute Gasteiger partial charge is 0.270 e. The van der Waals surface area contributed by atoms with Crippen LogP contribution in [-0.4, -0.2) is 29.9 Å². The van der Waals surface area contributed by atoms with Gasteiger partial charge in [-0.25, -0.2) is 13.2 Å². The lowest BCUT2D eigenvalue weighted by Gasteiger charge is -2.32. The minimum Gasteiger partial charge on any atom is -0.349 e. The number of hydrogen-bond donors (Lipinski definition) is 1. The zero-order valence-electron chi connectivity index (χ0n) is 25.9. The summed E-state index contributed by atoms with van der Waals surface area (Å²) in [7, 11) is 0. The fourth-order valence-corrected chi connectivity index (χ4v) is 6.56. The quantitative estimate of drug-likeness (QED) is 0.253. The van der Waals surface area contributed by atoms with Crippen LogP contribution in [0.15, 0.2) is 95.1 Å². The Kier molecular flexibility index (Phi) is 9.47. The van der Waals surface area contributed by atoms with Gasteiger partial charge in [0.25, 0.3) is 11.8 Å². The van der Waals surface area contributed by atoms with Crippen molar-refractivity contribution in [1.82, 2.24) is 10.2 Å². The molecule has 0 aromatic heterocycles. The molecule has 1 N–H and O–H groups in total. The molecule has 45 heavy (non-hydrogen) atoms. The van der Waals surface area contributed by atoms with E-state index in [-0.39, 0.29) is 29.2 Å². The Bertz CT molecular complexity index is 1570. The van der Waals surface area contributed by atoms with Crippen molar-refractivity contribution in [2.75, 3.05) is 13.1 Å². The second kappa shape index (κ2) is 13.7. The molecule has 6 heteroatoms. The van der Waals surface area contributed by atoms with Crippen LogP contribution >= 0.6 is 0 Å². The molecule has 1 amide bonds. The third-order valence-electron chi connectivity index (χ3n) is 9.47. The molecule has 0 spiro atoms. The summed E-state index contributed by atoms with van der Waals surface area (Å²) in [6.07, 6.45) is 15.8. The Morgan fingerprint density at radius 3 is 2.44 bits per heavy atom. The van der Waals surface area contributed by atoms with Gasteiger partial charge in [-0.1, -0.05) is 71.5 Å². The van der Waals surface area contributed by atoms with E-state index < -0.39 is 5.92 Å². The second-order valence-corrected chi connectivity index (χ2v) is 13.1. The summed E-state index contributed by atoms with van der Waals surface area (Å²) in [4.78, 5) is 15.7. The number of fused-ring (bicyclic) bond motifs is 1. The van der Waals surface area contributed by atoms with Gasteiger partial charge < -0.3 is 5.32 Å². The van der Waals surface area contributed by atoms with Gasteiger partial charge in [0.15, 0.2) is 0 Å². The predicted molar refractivity (Wildman–Crippen MR) is 173 cm³/mol. The molecule has 1 saturated heterocycles. The molecule has 2 unspecified atom stereocenters. The van der Waals surface area contributed by atoms with Crippen molar-refractivity contribution in [2.24, 2.45) is 11.8 Å². The fourth-order valence-electron chi connectivity index (χ4n) is 6.56. The van der Waals surface area contributed by atoms with Gasteiger partial charge in [-0.2, -0.15) is 0 Å². The Morgan fingerprint density at radius 1 is 0.978 bits per heavy atom. The molecule has 1 heterocycles. The van der Waals surface area contributed by atoms with E-state index in [1.165, 1.54) is 35.4 Å². The molecular formula is C39H41F3N2O. The topological polar surface area (TPSA) is 32.3 Å². The zero-order chi connectivity index (χ0) is 31.4. The molecule has 2 aromatic carbocycles. The van der Waals surface area contributed by atoms with Gasteiger partial charge in [0.1, 0.15) is 5.82 Å². The van der Waals surface area contributed by atoms with Gasteiger partial charge in [0.2, 0.25) is 0 Å². The van der Waals surface area contributed by atoms with Crippen LogP contribution < -0.4 is 5.32 Å². The van der Waals surface area contributed by atoms with E-state index in [9.17, 15) is 18.0 Å². The molecule has 2 aromatic rings. The number of piperidine rings is 1. The maximum atomic E-state index is 13.6. The van der Waals surface area contributed by atoms with Crippen LogP contribution in [0.25, 0.3) is 0 Å². The molecule has 234 valence electrons. The third-order valence-corrected chi connectivity index (χ3v) is 9.47. The molecule has 0 radical (unpaired) electrons. The highest BCUT2D eigenvalue weighted by Crippen LogP contribution is 2.45. The number of likely N-dealkylation sites (tertiary alicyclic amines) is 1. The van der Waals surface area contributed by atoms with E-state index >= 15 is 0 Å². The predicted octanol–water partition coefficient (Wildman–Crippen LogP) is 8.19. The lowest BCUT2D eigenvalue weighted by molar-refractivity contribution is -0.118. The first-order chi connectivity index (χ1) is 21.7. The van der Waals surface area contributed by atoms with Crippen molar-refractivity contribution in [3.05, 3.63) is 118 Å². The number of amides is 1. The van der Waals surface area contributed by atoms with Gasteiger partial charge in [-0.15, -0.1) is 0 Å². The number of rotatable bonds is 7. The van der Waals surface area contributed by atoms with Crippen LogP contribution in [-0.2, 0) is 23.7 Å². The van der Waals surface area contributed by atoms with E-state index in [0.717, 1.165) is 94.6 Å². The van der Waals surface area contributed by atoms with Crippen LogP contribution in [0.5, 0.6) is 0 Å². The Balaban J connectivity index is 1.00. The fraction of sp³-hybridized carbons (Fsp3) is 0.410. The molecular weight excluding hydrogens is 569 g/mol. The summed E-state index contributed by atoms with van der Waals surface area (Å²) in [5.41, 5.74) is 6.60. The van der Waals surface area contributed by atoms with Crippen molar-refractivity contribution in [2.45, 2.75) is 76.8 Å². The van der Waals surface area contributed by atoms with Crippen LogP contribution in [0.4, 0.5) is 13.2 Å². The van der Waals surface area contributed by atoms with Gasteiger partial charge in [-0.3, -0.25) is 9.69 Å². The monoisotopic (exact) mass is 610 g/mol. The lowest BCUT2D eigenvalue weighted by Crippen LogP contribution is -2.44. The Morgan fingerprint density at radius 2 is 1.71 bits per heavy atom. The molecule has 1 saturated carbocycles. The minimum absolute atomic E-state index is 0.0385. The molecule has 2 atom stereocenters. The number of carbonyl (C=O) groups is 1. The number of nitrogens with one attached hydrogen (secondary N) is 1. The van der Waals surface area contributed by atoms with Crippen molar-refractivity contribution in [1.29, 1.82) is 0 Å². The van der Waals surface area contributed by atoms with Gasteiger partial charge >= 0.3 is 0 Å². The molecule has 3 aliphatic carbocycles. The summed E-state index contributed by atoms with van der Waals surface area (Å²) in [5.74, 6) is 4.57. The van der Waals surface area contributed by atoms with E-state index in [0.29, 0.717) is 11.5 Å². The maximum absolute atomic E-state index is 13.6. The number of hydrogen-bond acceptors (Lipinski definition) is 2. The zero-order valence-corrected chi connectivity index (χ0v) is 25.9. The summed E-state index contributed by atoms with van der Waals surface area (Å²) in [5, 5.41) is 3.26. The highest BCUT2D eigenvalue weighted by atomic mass is 19.3. The number of nitrogens with zero attached hydrogens (tertiary/aromatic N) is 1. The standard InChI is InChI=1S/C39H41F3N2O/c1-39(41,42)34-15-8-29(9-16-34)23-28-4-2-3-27(5-6-28)7-12-31-24-33(14-13-32-25-37(31)32)38(45)43-36-19-21-44(22-20-36)26-30-10-17-35(40)18-11-30/h4,8-11,13-18,24,27,36-37H,2-3,5-6,19-23,25-26H2,1H3,(H,43,45). The van der Waals surface area contributed by atoms with Crippen LogP contribution in [0.3, 0.4) is 0 Å². The number of alkyl halides is 2. The van der Waals surface area contributed by atoms with Crippen molar-refractivity contribution in [3.63, 3.8) is 0 Å². The van der Waals surface area contributed by atoms with E-state index in [2.05, 4.69) is 34.2 Å². The van der Waals surface area contributed by atoms with Crippen LogP contribution in [0.2, 0.25) is 0 Å². The molecule has 3 nitrogen and oxygen atoms in total. The molecule has 0 bridgehead atoms. The largest absolute Gasteiger partial charge is 0.349 e. The SMILES string of the molecule is CC(F)(F)c1ccc(CC2=CCCC(C#CC3=CC(C(=O)NC4CCN(Cc5ccc(F)cc5)CC4)=CC=C4CC34)CC2)cc1. The third kappa shape index (κ3) is 8.47. The summed E-state index contributed by atoms with van der Waals surface area (Å²) in [6, 6.07) is 13.5. The highest BCUT2D eigenvalue weighted by Gasteiger charge is 2.34. The Hall–Kier alpha value is -3.82. The second-order valence-electron chi connectivity index (χ2n) is 13.1. The van der Waals surface area contributed by atoms with Crippen molar-refractivity contribution >= 4 is 5.91 Å². The lowest BCUT2D eigenvalue weighted by atomic mass is 9.96. The first kappa shape index (κ1) is 31.2. The Labute approximate surface area is 265 Å². The summed E-state index contributed by atoms with van der Waals surface area (Å²) in [6.45, 7) is 3.50. The van der Waals surface area contributed by atoms with E-state index in [1.807, 2.05) is 36.4 Å². The molecule has 1 aliphatic heterocycles. The minimum atomic E-state index is -2.82. The highest BCUT2D eigenvalue weighted by molar-refractivity contribution is 5.97. The molecule has 6 rings (SSSR count). The number of allylic oxidation sites excluding steroid dienone is 6. The normalized spacial score (nSPS) is 22.3. The van der Waals surface area contributed by atoms with Gasteiger partial charge in [0.05, 0.1) is 0 Å². The number of benzene rings is 2. The average molecular weight is 611 g/mol. The van der Waals surface area contributed by atoms with Crippen molar-refractivity contribution < 1.29 is 18.0 Å². The average Bonchev–Trinajstić information content (AvgIpc) is 3.84.